The summed E-state index contributed by atoms with van der Waals surface area (Å²) in [5.74, 6) is -1.29. The number of aliphatic carboxylic acids is 1. The Bertz CT molecular complexity index is 319. The molecule has 0 aromatic rings. The third-order valence-corrected chi connectivity index (χ3v) is 2.61. The van der Waals surface area contributed by atoms with Gasteiger partial charge in [-0.15, -0.1) is 0 Å². The van der Waals surface area contributed by atoms with Gasteiger partial charge in [0, 0.05) is 11.5 Å². The van der Waals surface area contributed by atoms with E-state index in [-0.39, 0.29) is 17.6 Å². The monoisotopic (exact) mass is 211 g/mol. The normalized spacial score (nSPS) is 26.7. The van der Waals surface area contributed by atoms with Gasteiger partial charge in [-0.05, 0) is 12.8 Å². The van der Waals surface area contributed by atoms with Gasteiger partial charge >= 0.3 is 5.97 Å². The summed E-state index contributed by atoms with van der Waals surface area (Å²) in [4.78, 5) is 24.1. The predicted molar refractivity (Wildman–Crippen MR) is 52.0 cm³/mol. The fraction of sp³-hybridized carbons (Fsp3) is 0.600. The van der Waals surface area contributed by atoms with Crippen molar-refractivity contribution in [3.05, 3.63) is 12.2 Å². The Labute approximate surface area is 87.5 Å². The third-order valence-electron chi connectivity index (χ3n) is 2.61. The largest absolute Gasteiger partial charge is 0.478 e. The van der Waals surface area contributed by atoms with Gasteiger partial charge in [-0.3, -0.25) is 0 Å². The first-order valence-corrected chi connectivity index (χ1v) is 4.70. The van der Waals surface area contributed by atoms with Gasteiger partial charge in [-0.25, -0.2) is 9.59 Å². The zero-order chi connectivity index (χ0) is 11.4. The predicted octanol–water partition coefficient (Wildman–Crippen LogP) is 1.10. The van der Waals surface area contributed by atoms with Gasteiger partial charge in [-0.1, -0.05) is 13.5 Å². The molecule has 0 bridgehead atoms. The fourth-order valence-electron chi connectivity index (χ4n) is 1.59. The molecule has 0 spiro atoms. The lowest BCUT2D eigenvalue weighted by Crippen LogP contribution is -2.23. The van der Waals surface area contributed by atoms with Crippen molar-refractivity contribution < 1.29 is 19.4 Å². The van der Waals surface area contributed by atoms with Crippen LogP contribution in [0, 0.1) is 5.92 Å². The Morgan fingerprint density at radius 1 is 1.67 bits per heavy atom. The number of isocyanates is 1. The van der Waals surface area contributed by atoms with Crippen molar-refractivity contribution >= 4 is 12.0 Å². The lowest BCUT2D eigenvalue weighted by molar-refractivity contribution is -0.133. The van der Waals surface area contributed by atoms with E-state index in [2.05, 4.69) is 11.6 Å². The molecule has 1 N–H and O–H groups in total. The van der Waals surface area contributed by atoms with Crippen LogP contribution in [0.15, 0.2) is 17.1 Å². The minimum absolute atomic E-state index is 0.121. The molecule has 1 heterocycles. The SMILES string of the molecule is C=C(C(=O)O)C(C)C1CCC(N=C=O)O1. The highest BCUT2D eigenvalue weighted by atomic mass is 16.5. The molecule has 0 aromatic carbocycles. The first kappa shape index (κ1) is 11.6. The first-order chi connectivity index (χ1) is 7.06. The number of nitrogens with zero attached hydrogens (tertiary/aromatic N) is 1. The summed E-state index contributed by atoms with van der Waals surface area (Å²) >= 11 is 0. The molecule has 1 saturated heterocycles. The molecule has 15 heavy (non-hydrogen) atoms. The zero-order valence-corrected chi connectivity index (χ0v) is 8.47. The number of hydrogen-bond acceptors (Lipinski definition) is 4. The highest BCUT2D eigenvalue weighted by Gasteiger charge is 2.32. The van der Waals surface area contributed by atoms with Crippen molar-refractivity contribution in [3.8, 4) is 0 Å². The maximum Gasteiger partial charge on any atom is 0.331 e. The number of aliphatic imine (C=N–C) groups is 1. The smallest absolute Gasteiger partial charge is 0.331 e. The highest BCUT2D eigenvalue weighted by Crippen LogP contribution is 2.29. The van der Waals surface area contributed by atoms with Crippen LogP contribution in [-0.4, -0.2) is 29.5 Å². The molecule has 0 aliphatic carbocycles. The van der Waals surface area contributed by atoms with Gasteiger partial charge in [-0.2, -0.15) is 4.99 Å². The van der Waals surface area contributed by atoms with Gasteiger partial charge < -0.3 is 9.84 Å². The van der Waals surface area contributed by atoms with Crippen LogP contribution < -0.4 is 0 Å². The number of carboxylic acids is 1. The molecule has 3 unspecified atom stereocenters. The van der Waals surface area contributed by atoms with E-state index in [0.717, 1.165) is 0 Å². The van der Waals surface area contributed by atoms with E-state index < -0.39 is 12.2 Å². The topological polar surface area (TPSA) is 76.0 Å². The molecular formula is C10H13NO4. The van der Waals surface area contributed by atoms with Crippen LogP contribution in [0.5, 0.6) is 0 Å². The molecule has 1 aliphatic heterocycles. The van der Waals surface area contributed by atoms with E-state index in [1.807, 2.05) is 0 Å². The summed E-state index contributed by atoms with van der Waals surface area (Å²) in [5.41, 5.74) is 0.121. The molecule has 0 saturated carbocycles. The maximum atomic E-state index is 10.7. The average Bonchev–Trinajstić information content (AvgIpc) is 2.64. The van der Waals surface area contributed by atoms with Crippen LogP contribution in [0.3, 0.4) is 0 Å². The van der Waals surface area contributed by atoms with E-state index in [1.165, 1.54) is 6.08 Å². The number of carbonyl (C=O) groups excluding carboxylic acids is 1. The molecule has 0 amide bonds. The molecule has 0 aromatic heterocycles. The van der Waals surface area contributed by atoms with E-state index >= 15 is 0 Å². The van der Waals surface area contributed by atoms with Crippen LogP contribution in [-0.2, 0) is 14.3 Å². The van der Waals surface area contributed by atoms with Crippen LogP contribution in [0.4, 0.5) is 0 Å². The standard InChI is InChI=1S/C10H13NO4/c1-6(7(2)10(13)14)8-3-4-9(15-8)11-5-12/h6,8-9H,2-4H2,1H3,(H,13,14). The van der Waals surface area contributed by atoms with Crippen LogP contribution in [0.1, 0.15) is 19.8 Å². The summed E-state index contributed by atoms with van der Waals surface area (Å²) in [6.45, 7) is 5.23. The lowest BCUT2D eigenvalue weighted by Gasteiger charge is -2.18. The van der Waals surface area contributed by atoms with Gasteiger partial charge in [0.1, 0.15) is 0 Å². The van der Waals surface area contributed by atoms with Crippen molar-refractivity contribution in [1.82, 2.24) is 0 Å². The number of carbonyl (C=O) groups is 1. The molecule has 5 nitrogen and oxygen atoms in total. The van der Waals surface area contributed by atoms with E-state index in [9.17, 15) is 9.59 Å². The maximum absolute atomic E-state index is 10.7. The van der Waals surface area contributed by atoms with Gasteiger partial charge in [0.25, 0.3) is 0 Å². The second kappa shape index (κ2) is 4.87. The van der Waals surface area contributed by atoms with Crippen molar-refractivity contribution in [2.24, 2.45) is 10.9 Å². The van der Waals surface area contributed by atoms with Gasteiger partial charge in [0.2, 0.25) is 6.08 Å². The summed E-state index contributed by atoms with van der Waals surface area (Å²) in [5, 5.41) is 8.74. The zero-order valence-electron chi connectivity index (χ0n) is 8.47. The first-order valence-electron chi connectivity index (χ1n) is 4.70. The summed E-state index contributed by atoms with van der Waals surface area (Å²) in [6, 6.07) is 0. The third kappa shape index (κ3) is 2.75. The van der Waals surface area contributed by atoms with Crippen LogP contribution in [0.2, 0.25) is 0 Å². The van der Waals surface area contributed by atoms with Crippen molar-refractivity contribution in [3.63, 3.8) is 0 Å². The summed E-state index contributed by atoms with van der Waals surface area (Å²) in [6.07, 6.45) is 2.04. The summed E-state index contributed by atoms with van der Waals surface area (Å²) < 4.78 is 5.38. The van der Waals surface area contributed by atoms with E-state index in [1.54, 1.807) is 6.92 Å². The Hall–Kier alpha value is -1.45. The number of ether oxygens (including phenoxy) is 1. The minimum atomic E-state index is -1.02. The molecule has 1 aliphatic rings. The molecule has 1 rings (SSSR count). The van der Waals surface area contributed by atoms with Crippen molar-refractivity contribution in [1.29, 1.82) is 0 Å². The molecule has 82 valence electrons. The van der Waals surface area contributed by atoms with Crippen molar-refractivity contribution in [2.75, 3.05) is 0 Å². The van der Waals surface area contributed by atoms with Crippen molar-refractivity contribution in [2.45, 2.75) is 32.1 Å². The molecule has 0 radical (unpaired) electrons. The number of carboxylic acid groups (broad SMARTS) is 1. The lowest BCUT2D eigenvalue weighted by atomic mass is 9.95. The number of rotatable bonds is 4. The molecule has 1 fully saturated rings. The minimum Gasteiger partial charge on any atom is -0.478 e. The molecule has 5 heteroatoms. The van der Waals surface area contributed by atoms with Crippen LogP contribution >= 0.6 is 0 Å². The molecular weight excluding hydrogens is 198 g/mol. The summed E-state index contributed by atoms with van der Waals surface area (Å²) in [7, 11) is 0. The Morgan fingerprint density at radius 2 is 2.33 bits per heavy atom. The number of hydrogen-bond donors (Lipinski definition) is 1. The average molecular weight is 211 g/mol. The Kier molecular flexibility index (Phi) is 3.77. The molecule has 3 atom stereocenters. The van der Waals surface area contributed by atoms with E-state index in [0.29, 0.717) is 12.8 Å². The van der Waals surface area contributed by atoms with Gasteiger partial charge in [0.15, 0.2) is 6.23 Å². The Balaban J connectivity index is 2.57. The second-order valence-electron chi connectivity index (χ2n) is 3.55. The van der Waals surface area contributed by atoms with E-state index in [4.69, 9.17) is 9.84 Å². The Morgan fingerprint density at radius 3 is 2.87 bits per heavy atom. The second-order valence-corrected chi connectivity index (χ2v) is 3.55. The quantitative estimate of drug-likeness (QED) is 0.429. The highest BCUT2D eigenvalue weighted by molar-refractivity contribution is 5.86. The van der Waals surface area contributed by atoms with Crippen LogP contribution in [0.25, 0.3) is 0 Å². The van der Waals surface area contributed by atoms with Gasteiger partial charge in [0.05, 0.1) is 6.10 Å². The fourth-order valence-corrected chi connectivity index (χ4v) is 1.59.